The summed E-state index contributed by atoms with van der Waals surface area (Å²) < 4.78 is 5.64. The van der Waals surface area contributed by atoms with E-state index >= 15 is 0 Å². The molecule has 0 amide bonds. The Morgan fingerprint density at radius 1 is 1.41 bits per heavy atom. The van der Waals surface area contributed by atoms with Gasteiger partial charge in [0.2, 0.25) is 0 Å². The van der Waals surface area contributed by atoms with E-state index in [0.717, 1.165) is 13.0 Å². The minimum absolute atomic E-state index is 0.195. The lowest BCUT2D eigenvalue weighted by atomic mass is 9.88. The predicted molar refractivity (Wildman–Crippen MR) is 69.5 cm³/mol. The van der Waals surface area contributed by atoms with E-state index < -0.39 is 0 Å². The first-order chi connectivity index (χ1) is 8.11. The topological polar surface area (TPSA) is 47.3 Å². The van der Waals surface area contributed by atoms with Crippen LogP contribution in [0.25, 0.3) is 0 Å². The Morgan fingerprint density at radius 3 is 2.71 bits per heavy atom. The number of hydrogen-bond donors (Lipinski definition) is 2. The van der Waals surface area contributed by atoms with Crippen LogP contribution in [0.2, 0.25) is 0 Å². The first-order valence-corrected chi connectivity index (χ1v) is 6.26. The van der Waals surface area contributed by atoms with Crippen LogP contribution >= 0.6 is 0 Å². The fraction of sp³-hybridized carbons (Fsp3) is 0.571. The summed E-state index contributed by atoms with van der Waals surface area (Å²) in [4.78, 5) is 0. The zero-order chi connectivity index (χ0) is 12.4. The quantitative estimate of drug-likeness (QED) is 0.623. The molecule has 1 fully saturated rings. The Bertz CT molecular complexity index is 392. The molecule has 3 atom stereocenters. The molecule has 17 heavy (non-hydrogen) atoms. The lowest BCUT2D eigenvalue weighted by Crippen LogP contribution is -2.34. The van der Waals surface area contributed by atoms with Gasteiger partial charge in [0.15, 0.2) is 0 Å². The van der Waals surface area contributed by atoms with Crippen LogP contribution in [-0.4, -0.2) is 12.7 Å². The summed E-state index contributed by atoms with van der Waals surface area (Å²) >= 11 is 0. The van der Waals surface area contributed by atoms with Crippen LogP contribution in [0.1, 0.15) is 36.1 Å². The SMILES string of the molecule is Cc1ccc(C(NN)C2COC(C)C2)c(C)c1. The van der Waals surface area contributed by atoms with Gasteiger partial charge in [0.25, 0.3) is 0 Å². The average molecular weight is 234 g/mol. The molecule has 3 unspecified atom stereocenters. The summed E-state index contributed by atoms with van der Waals surface area (Å²) in [5, 5.41) is 0. The summed E-state index contributed by atoms with van der Waals surface area (Å²) in [6, 6.07) is 6.73. The molecule has 0 aliphatic carbocycles. The first-order valence-electron chi connectivity index (χ1n) is 6.26. The van der Waals surface area contributed by atoms with E-state index in [-0.39, 0.29) is 6.04 Å². The Morgan fingerprint density at radius 2 is 2.18 bits per heavy atom. The van der Waals surface area contributed by atoms with E-state index in [1.807, 2.05) is 0 Å². The number of hydrazine groups is 1. The molecule has 2 rings (SSSR count). The van der Waals surface area contributed by atoms with Crippen LogP contribution in [0.3, 0.4) is 0 Å². The highest BCUT2D eigenvalue weighted by molar-refractivity contribution is 5.33. The van der Waals surface area contributed by atoms with Crippen molar-refractivity contribution in [1.82, 2.24) is 5.43 Å². The van der Waals surface area contributed by atoms with Gasteiger partial charge in [0.05, 0.1) is 18.8 Å². The van der Waals surface area contributed by atoms with Gasteiger partial charge in [-0.2, -0.15) is 0 Å². The Hall–Kier alpha value is -0.900. The number of nitrogens with one attached hydrogen (secondary N) is 1. The average Bonchev–Trinajstić information content (AvgIpc) is 2.69. The van der Waals surface area contributed by atoms with Crippen LogP contribution in [0.15, 0.2) is 18.2 Å². The van der Waals surface area contributed by atoms with E-state index in [1.54, 1.807) is 0 Å². The van der Waals surface area contributed by atoms with Gasteiger partial charge in [-0.05, 0) is 38.3 Å². The lowest BCUT2D eigenvalue weighted by molar-refractivity contribution is 0.117. The molecule has 0 spiro atoms. The Balaban J connectivity index is 2.23. The molecule has 1 aromatic rings. The van der Waals surface area contributed by atoms with E-state index in [9.17, 15) is 0 Å². The van der Waals surface area contributed by atoms with Crippen molar-refractivity contribution in [3.63, 3.8) is 0 Å². The zero-order valence-electron chi connectivity index (χ0n) is 10.9. The van der Waals surface area contributed by atoms with Crippen molar-refractivity contribution < 1.29 is 4.74 Å². The van der Waals surface area contributed by atoms with Crippen molar-refractivity contribution in [3.8, 4) is 0 Å². The maximum absolute atomic E-state index is 5.73. The highest BCUT2D eigenvalue weighted by Gasteiger charge is 2.30. The van der Waals surface area contributed by atoms with Crippen molar-refractivity contribution in [2.75, 3.05) is 6.61 Å². The highest BCUT2D eigenvalue weighted by atomic mass is 16.5. The molecule has 1 aliphatic heterocycles. The van der Waals surface area contributed by atoms with Crippen molar-refractivity contribution >= 4 is 0 Å². The van der Waals surface area contributed by atoms with Crippen molar-refractivity contribution in [1.29, 1.82) is 0 Å². The smallest absolute Gasteiger partial charge is 0.0551 e. The molecule has 0 radical (unpaired) electrons. The van der Waals surface area contributed by atoms with Gasteiger partial charge in [-0.1, -0.05) is 23.8 Å². The number of nitrogens with two attached hydrogens (primary N) is 1. The second-order valence-electron chi connectivity index (χ2n) is 5.14. The van der Waals surface area contributed by atoms with Crippen LogP contribution in [-0.2, 0) is 4.74 Å². The molecular weight excluding hydrogens is 212 g/mol. The van der Waals surface area contributed by atoms with Gasteiger partial charge in [-0.15, -0.1) is 0 Å². The third-order valence-electron chi connectivity index (χ3n) is 3.64. The molecule has 3 heteroatoms. The molecule has 1 heterocycles. The van der Waals surface area contributed by atoms with Gasteiger partial charge < -0.3 is 4.74 Å². The van der Waals surface area contributed by atoms with Gasteiger partial charge in [-0.3, -0.25) is 11.3 Å². The second kappa shape index (κ2) is 5.17. The van der Waals surface area contributed by atoms with Crippen molar-refractivity contribution in [2.45, 2.75) is 39.3 Å². The number of ether oxygens (including phenoxy) is 1. The monoisotopic (exact) mass is 234 g/mol. The van der Waals surface area contributed by atoms with Gasteiger partial charge >= 0.3 is 0 Å². The van der Waals surface area contributed by atoms with Crippen molar-refractivity contribution in [3.05, 3.63) is 34.9 Å². The maximum Gasteiger partial charge on any atom is 0.0551 e. The molecule has 1 aliphatic rings. The fourth-order valence-corrected chi connectivity index (χ4v) is 2.74. The van der Waals surface area contributed by atoms with Gasteiger partial charge in [0, 0.05) is 5.92 Å². The maximum atomic E-state index is 5.73. The van der Waals surface area contributed by atoms with Crippen LogP contribution in [0, 0.1) is 19.8 Å². The minimum atomic E-state index is 0.195. The van der Waals surface area contributed by atoms with E-state index in [4.69, 9.17) is 10.6 Å². The number of aryl methyl sites for hydroxylation is 2. The van der Waals surface area contributed by atoms with E-state index in [2.05, 4.69) is 44.4 Å². The van der Waals surface area contributed by atoms with Gasteiger partial charge in [-0.25, -0.2) is 0 Å². The fourth-order valence-electron chi connectivity index (χ4n) is 2.74. The summed E-state index contributed by atoms with van der Waals surface area (Å²) in [7, 11) is 0. The normalized spacial score (nSPS) is 26.1. The third-order valence-corrected chi connectivity index (χ3v) is 3.64. The zero-order valence-corrected chi connectivity index (χ0v) is 10.9. The number of hydrogen-bond acceptors (Lipinski definition) is 3. The molecule has 3 nitrogen and oxygen atoms in total. The Kier molecular flexibility index (Phi) is 3.82. The lowest BCUT2D eigenvalue weighted by Gasteiger charge is -2.24. The number of rotatable bonds is 3. The summed E-state index contributed by atoms with van der Waals surface area (Å²) in [5.74, 6) is 6.20. The molecular formula is C14H22N2O. The summed E-state index contributed by atoms with van der Waals surface area (Å²) in [6.07, 6.45) is 1.42. The molecule has 1 aromatic carbocycles. The molecule has 94 valence electrons. The molecule has 3 N–H and O–H groups in total. The van der Waals surface area contributed by atoms with Crippen LogP contribution in [0.5, 0.6) is 0 Å². The largest absolute Gasteiger partial charge is 0.378 e. The van der Waals surface area contributed by atoms with E-state index in [1.165, 1.54) is 16.7 Å². The summed E-state index contributed by atoms with van der Waals surface area (Å²) in [6.45, 7) is 7.17. The number of benzene rings is 1. The highest BCUT2D eigenvalue weighted by Crippen LogP contribution is 2.32. The standard InChI is InChI=1S/C14H22N2O/c1-9-4-5-13(10(2)6-9)14(16-15)12-7-11(3)17-8-12/h4-6,11-12,14,16H,7-8,15H2,1-3H3. The molecule has 1 saturated heterocycles. The van der Waals surface area contributed by atoms with Crippen LogP contribution < -0.4 is 11.3 Å². The first kappa shape index (κ1) is 12.6. The molecule has 0 saturated carbocycles. The predicted octanol–water partition coefficient (Wildman–Crippen LogP) is 2.23. The van der Waals surface area contributed by atoms with Gasteiger partial charge in [0.1, 0.15) is 0 Å². The molecule has 0 aromatic heterocycles. The molecule has 0 bridgehead atoms. The van der Waals surface area contributed by atoms with E-state index in [0.29, 0.717) is 12.0 Å². The summed E-state index contributed by atoms with van der Waals surface area (Å²) in [5.41, 5.74) is 6.84. The Labute approximate surface area is 103 Å². The third kappa shape index (κ3) is 2.68. The minimum Gasteiger partial charge on any atom is -0.378 e. The van der Waals surface area contributed by atoms with Crippen molar-refractivity contribution in [2.24, 2.45) is 11.8 Å². The second-order valence-corrected chi connectivity index (χ2v) is 5.14. The van der Waals surface area contributed by atoms with Crippen LogP contribution in [0.4, 0.5) is 0 Å².